The van der Waals surface area contributed by atoms with Gasteiger partial charge in [-0.2, -0.15) is 0 Å². The molecule has 1 aromatic rings. The van der Waals surface area contributed by atoms with Crippen LogP contribution in [0.3, 0.4) is 0 Å². The predicted octanol–water partition coefficient (Wildman–Crippen LogP) is 3.54. The highest BCUT2D eigenvalue weighted by Gasteiger charge is 2.13. The van der Waals surface area contributed by atoms with Crippen molar-refractivity contribution in [3.8, 4) is 0 Å². The topological polar surface area (TPSA) is 40.5 Å². The van der Waals surface area contributed by atoms with Gasteiger partial charge in [0.1, 0.15) is 0 Å². The Morgan fingerprint density at radius 2 is 2.06 bits per heavy atom. The number of hydrogen-bond donors (Lipinski definition) is 1. The summed E-state index contributed by atoms with van der Waals surface area (Å²) in [5.41, 5.74) is 0.892. The monoisotopic (exact) mass is 289 g/mol. The van der Waals surface area contributed by atoms with E-state index in [9.17, 15) is 4.79 Å². The largest absolute Gasteiger partial charge is 0.480 e. The molecule has 0 radical (unpaired) electrons. The van der Waals surface area contributed by atoms with Crippen LogP contribution in [-0.2, 0) is 11.3 Å². The van der Waals surface area contributed by atoms with Gasteiger partial charge in [-0.25, -0.2) is 0 Å². The molecule has 1 aromatic carbocycles. The summed E-state index contributed by atoms with van der Waals surface area (Å²) in [6, 6.07) is 5.27. The Balaban J connectivity index is 2.78. The van der Waals surface area contributed by atoms with Crippen LogP contribution in [0.25, 0.3) is 0 Å². The fraction of sp³-hybridized carbons (Fsp3) is 0.462. The van der Waals surface area contributed by atoms with E-state index in [1.165, 1.54) is 0 Å². The van der Waals surface area contributed by atoms with Crippen LogP contribution in [0.1, 0.15) is 19.4 Å². The molecule has 0 aromatic heterocycles. The van der Waals surface area contributed by atoms with Crippen LogP contribution < -0.4 is 0 Å². The van der Waals surface area contributed by atoms with E-state index in [-0.39, 0.29) is 6.54 Å². The molecule has 0 aliphatic rings. The second kappa shape index (κ2) is 6.98. The Labute approximate surface area is 117 Å². The summed E-state index contributed by atoms with van der Waals surface area (Å²) < 4.78 is 0. The maximum Gasteiger partial charge on any atom is 0.317 e. The van der Waals surface area contributed by atoms with Gasteiger partial charge in [-0.1, -0.05) is 43.1 Å². The molecule has 0 saturated carbocycles. The van der Waals surface area contributed by atoms with Crippen molar-refractivity contribution in [1.82, 2.24) is 4.90 Å². The van der Waals surface area contributed by atoms with Crippen LogP contribution in [0.5, 0.6) is 0 Å². The minimum atomic E-state index is -0.833. The lowest BCUT2D eigenvalue weighted by molar-refractivity contribution is -0.138. The first kappa shape index (κ1) is 15.3. The molecule has 1 rings (SSSR count). The second-order valence-electron chi connectivity index (χ2n) is 4.69. The number of nitrogens with zero attached hydrogens (tertiary/aromatic N) is 1. The van der Waals surface area contributed by atoms with Crippen molar-refractivity contribution >= 4 is 29.2 Å². The van der Waals surface area contributed by atoms with E-state index in [1.54, 1.807) is 12.1 Å². The Morgan fingerprint density at radius 1 is 1.39 bits per heavy atom. The molecule has 18 heavy (non-hydrogen) atoms. The molecular formula is C13H17Cl2NO2. The number of carboxylic acids is 1. The molecule has 0 fully saturated rings. The minimum Gasteiger partial charge on any atom is -0.480 e. The Bertz CT molecular complexity index is 421. The van der Waals surface area contributed by atoms with Gasteiger partial charge < -0.3 is 5.11 Å². The van der Waals surface area contributed by atoms with E-state index in [0.29, 0.717) is 29.1 Å². The van der Waals surface area contributed by atoms with Crippen LogP contribution in [-0.4, -0.2) is 29.1 Å². The number of carboxylic acid groups (broad SMARTS) is 1. The van der Waals surface area contributed by atoms with Crippen LogP contribution >= 0.6 is 23.2 Å². The molecule has 0 atom stereocenters. The average Bonchev–Trinajstić information content (AvgIpc) is 2.20. The minimum absolute atomic E-state index is 0.0110. The van der Waals surface area contributed by atoms with Gasteiger partial charge in [0.15, 0.2) is 0 Å². The molecule has 0 unspecified atom stereocenters. The molecule has 0 aliphatic carbocycles. The number of hydrogen-bond acceptors (Lipinski definition) is 2. The van der Waals surface area contributed by atoms with Gasteiger partial charge in [0.25, 0.3) is 0 Å². The van der Waals surface area contributed by atoms with Crippen LogP contribution in [0.4, 0.5) is 0 Å². The zero-order chi connectivity index (χ0) is 13.7. The molecule has 0 amide bonds. The van der Waals surface area contributed by atoms with E-state index < -0.39 is 5.97 Å². The standard InChI is InChI=1S/C13H17Cl2NO2/c1-9(2)6-16(8-13(17)18)7-10-3-4-11(14)5-12(10)15/h3-5,9H,6-8H2,1-2H3,(H,17,18). The average molecular weight is 290 g/mol. The Hall–Kier alpha value is -0.770. The molecule has 0 bridgehead atoms. The number of halogens is 2. The first-order valence-electron chi connectivity index (χ1n) is 5.76. The number of rotatable bonds is 6. The SMILES string of the molecule is CC(C)CN(CC(=O)O)Cc1ccc(Cl)cc1Cl. The van der Waals surface area contributed by atoms with Crippen molar-refractivity contribution in [3.63, 3.8) is 0 Å². The van der Waals surface area contributed by atoms with Gasteiger partial charge >= 0.3 is 5.97 Å². The molecule has 0 aliphatic heterocycles. The number of aliphatic carboxylic acids is 1. The Kier molecular flexibility index (Phi) is 5.93. The molecule has 0 heterocycles. The lowest BCUT2D eigenvalue weighted by atomic mass is 10.1. The summed E-state index contributed by atoms with van der Waals surface area (Å²) in [5.74, 6) is -0.434. The number of benzene rings is 1. The predicted molar refractivity (Wildman–Crippen MR) is 74.2 cm³/mol. The molecule has 1 N–H and O–H groups in total. The van der Waals surface area contributed by atoms with E-state index in [1.807, 2.05) is 11.0 Å². The van der Waals surface area contributed by atoms with Crippen LogP contribution in [0.2, 0.25) is 10.0 Å². The third kappa shape index (κ3) is 5.25. The summed E-state index contributed by atoms with van der Waals surface area (Å²) in [5, 5.41) is 10.0. The van der Waals surface area contributed by atoms with Crippen molar-refractivity contribution < 1.29 is 9.90 Å². The maximum absolute atomic E-state index is 10.8. The molecule has 100 valence electrons. The summed E-state index contributed by atoms with van der Waals surface area (Å²) in [7, 11) is 0. The quantitative estimate of drug-likeness (QED) is 0.871. The highest BCUT2D eigenvalue weighted by atomic mass is 35.5. The van der Waals surface area contributed by atoms with Gasteiger partial charge in [-0.3, -0.25) is 9.69 Å². The zero-order valence-corrected chi connectivity index (χ0v) is 12.0. The van der Waals surface area contributed by atoms with Crippen molar-refractivity contribution in [2.75, 3.05) is 13.1 Å². The Morgan fingerprint density at radius 3 is 2.56 bits per heavy atom. The lowest BCUT2D eigenvalue weighted by Crippen LogP contribution is -2.32. The highest BCUT2D eigenvalue weighted by molar-refractivity contribution is 6.35. The summed E-state index contributed by atoms with van der Waals surface area (Å²) in [4.78, 5) is 12.7. The van der Waals surface area contributed by atoms with Gasteiger partial charge in [-0.15, -0.1) is 0 Å². The zero-order valence-electron chi connectivity index (χ0n) is 10.5. The lowest BCUT2D eigenvalue weighted by Gasteiger charge is -2.22. The van der Waals surface area contributed by atoms with Crippen LogP contribution in [0, 0.1) is 5.92 Å². The van der Waals surface area contributed by atoms with Crippen LogP contribution in [0.15, 0.2) is 18.2 Å². The summed E-state index contributed by atoms with van der Waals surface area (Å²) >= 11 is 11.9. The molecule has 0 spiro atoms. The van der Waals surface area contributed by atoms with Crippen molar-refractivity contribution in [3.05, 3.63) is 33.8 Å². The molecule has 0 saturated heterocycles. The van der Waals surface area contributed by atoms with E-state index in [4.69, 9.17) is 28.3 Å². The fourth-order valence-electron chi connectivity index (χ4n) is 1.78. The van der Waals surface area contributed by atoms with E-state index in [2.05, 4.69) is 13.8 Å². The van der Waals surface area contributed by atoms with Crippen molar-refractivity contribution in [2.24, 2.45) is 5.92 Å². The van der Waals surface area contributed by atoms with E-state index in [0.717, 1.165) is 5.56 Å². The third-order valence-corrected chi connectivity index (χ3v) is 2.98. The van der Waals surface area contributed by atoms with Gasteiger partial charge in [-0.05, 0) is 23.6 Å². The first-order chi connectivity index (χ1) is 8.38. The second-order valence-corrected chi connectivity index (χ2v) is 5.54. The highest BCUT2D eigenvalue weighted by Crippen LogP contribution is 2.22. The summed E-state index contributed by atoms with van der Waals surface area (Å²) in [6.07, 6.45) is 0. The maximum atomic E-state index is 10.8. The smallest absolute Gasteiger partial charge is 0.317 e. The van der Waals surface area contributed by atoms with Gasteiger partial charge in [0.05, 0.1) is 6.54 Å². The van der Waals surface area contributed by atoms with E-state index >= 15 is 0 Å². The molecule has 5 heteroatoms. The van der Waals surface area contributed by atoms with Gasteiger partial charge in [0, 0.05) is 23.1 Å². The summed E-state index contributed by atoms with van der Waals surface area (Å²) in [6.45, 7) is 5.35. The van der Waals surface area contributed by atoms with Crippen molar-refractivity contribution in [1.29, 1.82) is 0 Å². The molecule has 3 nitrogen and oxygen atoms in total. The normalized spacial score (nSPS) is 11.2. The van der Waals surface area contributed by atoms with Crippen molar-refractivity contribution in [2.45, 2.75) is 20.4 Å². The first-order valence-corrected chi connectivity index (χ1v) is 6.52. The molecular weight excluding hydrogens is 273 g/mol. The third-order valence-electron chi connectivity index (χ3n) is 2.39. The van der Waals surface area contributed by atoms with Gasteiger partial charge in [0.2, 0.25) is 0 Å². The fourth-order valence-corrected chi connectivity index (χ4v) is 2.25. The number of carbonyl (C=O) groups is 1.